The van der Waals surface area contributed by atoms with E-state index in [4.69, 9.17) is 16.3 Å². The van der Waals surface area contributed by atoms with Crippen molar-refractivity contribution < 1.29 is 13.9 Å². The van der Waals surface area contributed by atoms with E-state index >= 15 is 0 Å². The third-order valence-corrected chi connectivity index (χ3v) is 4.45. The lowest BCUT2D eigenvalue weighted by Gasteiger charge is -2.26. The van der Waals surface area contributed by atoms with E-state index in [0.29, 0.717) is 28.3 Å². The predicted molar refractivity (Wildman–Crippen MR) is 93.0 cm³/mol. The van der Waals surface area contributed by atoms with Crippen LogP contribution in [0.25, 0.3) is 0 Å². The van der Waals surface area contributed by atoms with Gasteiger partial charge >= 0.3 is 5.97 Å². The maximum atomic E-state index is 13.4. The number of benzene rings is 1. The fraction of sp³-hybridized carbons (Fsp3) is 0.200. The van der Waals surface area contributed by atoms with E-state index in [-0.39, 0.29) is 10.6 Å². The number of esters is 1. The number of nitrogens with zero attached hydrogens (tertiary/aromatic N) is 3. The van der Waals surface area contributed by atoms with Crippen LogP contribution < -0.4 is 5.32 Å². The molecular formula is C15H12BrClFN5O2. The second-order valence-corrected chi connectivity index (χ2v) is 5.99. The highest BCUT2D eigenvalue weighted by molar-refractivity contribution is 9.09. The molecule has 1 aliphatic heterocycles. The van der Waals surface area contributed by atoms with Crippen LogP contribution in [0, 0.1) is 5.82 Å². The Balaban J connectivity index is 2.17. The summed E-state index contributed by atoms with van der Waals surface area (Å²) in [6, 6.07) is 3.14. The van der Waals surface area contributed by atoms with Crippen molar-refractivity contribution >= 4 is 39.3 Å². The molecule has 0 fully saturated rings. The number of allylic oxidation sites excluding steroid dienone is 1. The Hall–Kier alpha value is -2.26. The lowest BCUT2D eigenvalue weighted by Crippen LogP contribution is -2.35. The summed E-state index contributed by atoms with van der Waals surface area (Å²) in [5.41, 5.74) is 1.29. The Labute approximate surface area is 155 Å². The van der Waals surface area contributed by atoms with Gasteiger partial charge in [0.05, 0.1) is 12.7 Å². The van der Waals surface area contributed by atoms with E-state index in [1.807, 2.05) is 0 Å². The smallest absolute Gasteiger partial charge is 0.338 e. The highest BCUT2D eigenvalue weighted by Crippen LogP contribution is 2.36. The van der Waals surface area contributed by atoms with Gasteiger partial charge in [0.25, 0.3) is 0 Å². The highest BCUT2D eigenvalue weighted by Gasteiger charge is 2.33. The summed E-state index contributed by atoms with van der Waals surface area (Å²) in [4.78, 5) is 20.9. The zero-order chi connectivity index (χ0) is 18.0. The maximum Gasteiger partial charge on any atom is 0.338 e. The van der Waals surface area contributed by atoms with Crippen LogP contribution >= 0.6 is 27.5 Å². The number of aromatic nitrogens is 3. The van der Waals surface area contributed by atoms with E-state index in [2.05, 4.69) is 41.4 Å². The van der Waals surface area contributed by atoms with Crippen molar-refractivity contribution in [3.05, 3.63) is 58.0 Å². The van der Waals surface area contributed by atoms with Crippen LogP contribution in [0.4, 0.5) is 4.39 Å². The van der Waals surface area contributed by atoms with Crippen molar-refractivity contribution in [1.29, 1.82) is 0 Å². The zero-order valence-electron chi connectivity index (χ0n) is 12.9. The summed E-state index contributed by atoms with van der Waals surface area (Å²) in [6.45, 7) is 0. The molecule has 0 amide bonds. The number of aliphatic imine (C=N–C) groups is 1. The predicted octanol–water partition coefficient (Wildman–Crippen LogP) is 2.51. The molecule has 10 heteroatoms. The molecule has 2 aromatic rings. The van der Waals surface area contributed by atoms with E-state index < -0.39 is 17.8 Å². The Morgan fingerprint density at radius 1 is 1.48 bits per heavy atom. The van der Waals surface area contributed by atoms with E-state index in [0.717, 1.165) is 0 Å². The van der Waals surface area contributed by atoms with E-state index in [9.17, 15) is 9.18 Å². The largest absolute Gasteiger partial charge is 0.466 e. The Morgan fingerprint density at radius 2 is 2.28 bits per heavy atom. The van der Waals surface area contributed by atoms with Crippen LogP contribution in [-0.4, -0.2) is 39.4 Å². The van der Waals surface area contributed by atoms with Crippen LogP contribution in [-0.2, 0) is 9.53 Å². The van der Waals surface area contributed by atoms with Crippen molar-refractivity contribution in [3.63, 3.8) is 0 Å². The number of hydrogen-bond acceptors (Lipinski definition) is 6. The van der Waals surface area contributed by atoms with Crippen molar-refractivity contribution in [2.45, 2.75) is 6.04 Å². The second-order valence-electron chi connectivity index (χ2n) is 5.02. The minimum atomic E-state index is -0.783. The first-order valence-corrected chi connectivity index (χ1v) is 8.58. The lowest BCUT2D eigenvalue weighted by molar-refractivity contribution is -0.136. The van der Waals surface area contributed by atoms with Gasteiger partial charge in [0.2, 0.25) is 0 Å². The average Bonchev–Trinajstić information content (AvgIpc) is 3.14. The third-order valence-electron chi connectivity index (χ3n) is 3.56. The summed E-state index contributed by atoms with van der Waals surface area (Å²) in [5, 5.41) is 10.0. The zero-order valence-corrected chi connectivity index (χ0v) is 15.2. The molecule has 0 saturated heterocycles. The number of aromatic amines is 1. The van der Waals surface area contributed by atoms with Crippen molar-refractivity contribution in [3.8, 4) is 0 Å². The number of halogens is 3. The van der Waals surface area contributed by atoms with Gasteiger partial charge < -0.3 is 10.1 Å². The highest BCUT2D eigenvalue weighted by atomic mass is 79.9. The molecule has 0 radical (unpaired) electrons. The molecule has 130 valence electrons. The van der Waals surface area contributed by atoms with Crippen molar-refractivity contribution in [2.24, 2.45) is 4.99 Å². The normalized spacial score (nSPS) is 17.1. The average molecular weight is 429 g/mol. The Kier molecular flexibility index (Phi) is 5.14. The van der Waals surface area contributed by atoms with Gasteiger partial charge in [-0.05, 0) is 12.1 Å². The van der Waals surface area contributed by atoms with Crippen LogP contribution in [0.3, 0.4) is 0 Å². The molecule has 0 saturated carbocycles. The van der Waals surface area contributed by atoms with Crippen molar-refractivity contribution in [2.75, 3.05) is 12.4 Å². The molecule has 0 spiro atoms. The number of H-pyrrole nitrogens is 1. The number of carbonyl (C=O) groups is 1. The fourth-order valence-corrected chi connectivity index (χ4v) is 3.15. The fourth-order valence-electron chi connectivity index (χ4n) is 2.44. The molecule has 1 aromatic heterocycles. The molecule has 2 heterocycles. The summed E-state index contributed by atoms with van der Waals surface area (Å²) in [5.74, 6) is -0.269. The van der Waals surface area contributed by atoms with Gasteiger partial charge in [-0.1, -0.05) is 33.6 Å². The minimum Gasteiger partial charge on any atom is -0.466 e. The maximum absolute atomic E-state index is 13.4. The molecule has 0 aliphatic carbocycles. The molecule has 0 bridgehead atoms. The molecule has 1 aromatic carbocycles. The molecule has 1 unspecified atom stereocenters. The molecule has 25 heavy (non-hydrogen) atoms. The summed E-state index contributed by atoms with van der Waals surface area (Å²) >= 11 is 9.54. The van der Waals surface area contributed by atoms with Crippen molar-refractivity contribution in [1.82, 2.24) is 20.5 Å². The first-order valence-electron chi connectivity index (χ1n) is 7.08. The molecular weight excluding hydrogens is 417 g/mol. The molecule has 1 aliphatic rings. The lowest BCUT2D eigenvalue weighted by atomic mass is 9.96. The number of rotatable bonds is 4. The Morgan fingerprint density at radius 3 is 2.88 bits per heavy atom. The van der Waals surface area contributed by atoms with Gasteiger partial charge in [-0.3, -0.25) is 10.1 Å². The number of ether oxygens (including phenoxy) is 1. The SMILES string of the molecule is COC(=O)C1=C(CBr)NC(c2ncn[nH]2)=NC1c1ccc(F)cc1Cl. The van der Waals surface area contributed by atoms with Gasteiger partial charge in [0.15, 0.2) is 11.7 Å². The van der Waals surface area contributed by atoms with Gasteiger partial charge in [-0.25, -0.2) is 14.2 Å². The second kappa shape index (κ2) is 7.32. The molecule has 3 rings (SSSR count). The standard InChI is InChI=1S/C15H12BrClFN5O2/c1-25-15(24)11-10(5-16)21-14(13-19-6-20-23-13)22-12(11)8-3-2-7(18)4-9(8)17/h2-4,6,12H,5H2,1H3,(H,21,22)(H,19,20,23). The number of amidine groups is 1. The van der Waals surface area contributed by atoms with Crippen LogP contribution in [0.15, 0.2) is 40.8 Å². The molecule has 2 N–H and O–H groups in total. The summed E-state index contributed by atoms with van der Waals surface area (Å²) in [7, 11) is 1.28. The topological polar surface area (TPSA) is 92.3 Å². The summed E-state index contributed by atoms with van der Waals surface area (Å²) < 4.78 is 18.3. The van der Waals surface area contributed by atoms with E-state index in [1.165, 1.54) is 31.6 Å². The molecule has 1 atom stereocenters. The van der Waals surface area contributed by atoms with Gasteiger partial charge in [0.1, 0.15) is 18.2 Å². The van der Waals surface area contributed by atoms with Crippen LogP contribution in [0.5, 0.6) is 0 Å². The number of hydrogen-bond donors (Lipinski definition) is 2. The van der Waals surface area contributed by atoms with Crippen LogP contribution in [0.1, 0.15) is 17.4 Å². The Bertz CT molecular complexity index is 869. The minimum absolute atomic E-state index is 0.155. The number of carbonyl (C=O) groups excluding carboxylic acids is 1. The number of nitrogens with one attached hydrogen (secondary N) is 2. The number of methoxy groups -OCH3 is 1. The van der Waals surface area contributed by atoms with Gasteiger partial charge in [-0.2, -0.15) is 5.10 Å². The third kappa shape index (κ3) is 3.42. The first-order chi connectivity index (χ1) is 12.0. The van der Waals surface area contributed by atoms with Crippen LogP contribution in [0.2, 0.25) is 5.02 Å². The summed E-state index contributed by atoms with van der Waals surface area (Å²) in [6.07, 6.45) is 1.34. The quantitative estimate of drug-likeness (QED) is 0.577. The van der Waals surface area contributed by atoms with E-state index in [1.54, 1.807) is 0 Å². The van der Waals surface area contributed by atoms with Gasteiger partial charge in [-0.15, -0.1) is 0 Å². The monoisotopic (exact) mass is 427 g/mol. The molecule has 7 nitrogen and oxygen atoms in total. The van der Waals surface area contributed by atoms with Gasteiger partial charge in [0, 0.05) is 21.6 Å². The first kappa shape index (κ1) is 17.6. The number of alkyl halides is 1.